The van der Waals surface area contributed by atoms with Crippen LogP contribution in [0.3, 0.4) is 0 Å². The first-order valence-electron chi connectivity index (χ1n) is 3.58. The van der Waals surface area contributed by atoms with Crippen LogP contribution in [-0.2, 0) is 4.79 Å². The van der Waals surface area contributed by atoms with Crippen molar-refractivity contribution in [3.8, 4) is 0 Å². The highest BCUT2D eigenvalue weighted by molar-refractivity contribution is 5.70. The van der Waals surface area contributed by atoms with Crippen LogP contribution in [0.5, 0.6) is 0 Å². The minimum atomic E-state index is 0.574. The molecule has 0 aliphatic carbocycles. The number of hydrogen-bond acceptors (Lipinski definition) is 2. The number of anilines is 1. The molecular formula is C10H13NO. The summed E-state index contributed by atoms with van der Waals surface area (Å²) in [5.74, 6) is 0. The summed E-state index contributed by atoms with van der Waals surface area (Å²) in [4.78, 5) is 9.41. The van der Waals surface area contributed by atoms with E-state index in [0.29, 0.717) is 5.57 Å². The summed E-state index contributed by atoms with van der Waals surface area (Å²) < 4.78 is 0. The summed E-state index contributed by atoms with van der Waals surface area (Å²) in [6.07, 6.45) is 0.722. The topological polar surface area (TPSA) is 43.1 Å². The Morgan fingerprint density at radius 2 is 1.83 bits per heavy atom. The van der Waals surface area contributed by atoms with E-state index in [1.807, 2.05) is 30.3 Å². The van der Waals surface area contributed by atoms with E-state index in [4.69, 9.17) is 5.73 Å². The molecule has 0 aliphatic heterocycles. The van der Waals surface area contributed by atoms with Gasteiger partial charge in [-0.1, -0.05) is 24.8 Å². The van der Waals surface area contributed by atoms with E-state index in [-0.39, 0.29) is 0 Å². The SMILES string of the molecule is C=C(C)C=O.Nc1ccccc1. The van der Waals surface area contributed by atoms with Crippen molar-refractivity contribution in [1.29, 1.82) is 0 Å². The summed E-state index contributed by atoms with van der Waals surface area (Å²) in [7, 11) is 0. The quantitative estimate of drug-likeness (QED) is 0.391. The molecule has 0 aromatic heterocycles. The number of carbonyl (C=O) groups is 1. The first kappa shape index (κ1) is 10.4. The fraction of sp³-hybridized carbons (Fsp3) is 0.100. The maximum absolute atomic E-state index is 9.41. The number of carbonyl (C=O) groups excluding carboxylic acids is 1. The van der Waals surface area contributed by atoms with Crippen molar-refractivity contribution < 1.29 is 4.79 Å². The second kappa shape index (κ2) is 6.16. The van der Waals surface area contributed by atoms with E-state index in [1.54, 1.807) is 6.92 Å². The van der Waals surface area contributed by atoms with E-state index in [0.717, 1.165) is 12.0 Å². The normalized spacial score (nSPS) is 7.75. The lowest BCUT2D eigenvalue weighted by Crippen LogP contribution is -1.79. The third-order valence-corrected chi connectivity index (χ3v) is 1.00. The van der Waals surface area contributed by atoms with Gasteiger partial charge in [0.1, 0.15) is 6.29 Å². The molecule has 0 unspecified atom stereocenters. The molecule has 1 aromatic rings. The zero-order valence-corrected chi connectivity index (χ0v) is 7.16. The number of allylic oxidation sites excluding steroid dienone is 1. The average molecular weight is 163 g/mol. The second-order valence-corrected chi connectivity index (χ2v) is 2.37. The van der Waals surface area contributed by atoms with Gasteiger partial charge in [0.2, 0.25) is 0 Å². The molecule has 1 rings (SSSR count). The molecule has 12 heavy (non-hydrogen) atoms. The molecule has 0 amide bonds. The van der Waals surface area contributed by atoms with Crippen molar-refractivity contribution >= 4 is 12.0 Å². The van der Waals surface area contributed by atoms with Crippen molar-refractivity contribution in [2.24, 2.45) is 0 Å². The molecule has 0 saturated heterocycles. The molecular weight excluding hydrogens is 150 g/mol. The van der Waals surface area contributed by atoms with Crippen molar-refractivity contribution in [2.75, 3.05) is 5.73 Å². The third kappa shape index (κ3) is 6.55. The van der Waals surface area contributed by atoms with E-state index in [2.05, 4.69) is 6.58 Å². The number of nitrogen functional groups attached to an aromatic ring is 1. The fourth-order valence-corrected chi connectivity index (χ4v) is 0.453. The van der Waals surface area contributed by atoms with Gasteiger partial charge in [0.15, 0.2) is 0 Å². The predicted octanol–water partition coefficient (Wildman–Crippen LogP) is 2.03. The maximum atomic E-state index is 9.41. The Morgan fingerprint density at radius 3 is 2.00 bits per heavy atom. The Balaban J connectivity index is 0.000000217. The van der Waals surface area contributed by atoms with Crippen molar-refractivity contribution in [1.82, 2.24) is 0 Å². The lowest BCUT2D eigenvalue weighted by atomic mass is 10.3. The smallest absolute Gasteiger partial charge is 0.145 e. The highest BCUT2D eigenvalue weighted by atomic mass is 16.1. The summed E-state index contributed by atoms with van der Waals surface area (Å²) in [5, 5.41) is 0. The first-order chi connectivity index (χ1) is 5.66. The van der Waals surface area contributed by atoms with E-state index < -0.39 is 0 Å². The Hall–Kier alpha value is -1.57. The molecule has 0 radical (unpaired) electrons. The number of benzene rings is 1. The molecule has 2 N–H and O–H groups in total. The predicted molar refractivity (Wildman–Crippen MR) is 51.7 cm³/mol. The highest BCUT2D eigenvalue weighted by Gasteiger charge is 1.72. The second-order valence-electron chi connectivity index (χ2n) is 2.37. The van der Waals surface area contributed by atoms with Crippen molar-refractivity contribution in [3.05, 3.63) is 42.5 Å². The first-order valence-corrected chi connectivity index (χ1v) is 3.58. The molecule has 2 heteroatoms. The molecule has 0 bridgehead atoms. The minimum absolute atomic E-state index is 0.574. The Labute approximate surface area is 72.7 Å². The van der Waals surface area contributed by atoms with Crippen LogP contribution in [0.1, 0.15) is 6.92 Å². The molecule has 0 aliphatic rings. The zero-order chi connectivity index (χ0) is 9.40. The lowest BCUT2D eigenvalue weighted by molar-refractivity contribution is -0.104. The molecule has 0 atom stereocenters. The lowest BCUT2D eigenvalue weighted by Gasteiger charge is -1.83. The van der Waals surface area contributed by atoms with Gasteiger partial charge in [-0.25, -0.2) is 0 Å². The van der Waals surface area contributed by atoms with Gasteiger partial charge >= 0.3 is 0 Å². The number of hydrogen-bond donors (Lipinski definition) is 1. The Bertz CT molecular complexity index is 241. The zero-order valence-electron chi connectivity index (χ0n) is 7.16. The molecule has 0 saturated carbocycles. The van der Waals surface area contributed by atoms with Gasteiger partial charge in [-0.2, -0.15) is 0 Å². The van der Waals surface area contributed by atoms with Gasteiger partial charge in [0.05, 0.1) is 0 Å². The van der Waals surface area contributed by atoms with E-state index in [9.17, 15) is 4.79 Å². The van der Waals surface area contributed by atoms with Gasteiger partial charge in [0, 0.05) is 5.69 Å². The minimum Gasteiger partial charge on any atom is -0.399 e. The van der Waals surface area contributed by atoms with E-state index in [1.165, 1.54) is 0 Å². The summed E-state index contributed by atoms with van der Waals surface area (Å²) in [6, 6.07) is 9.49. The molecule has 0 spiro atoms. The standard InChI is InChI=1S/C6H7N.C4H6O/c7-6-4-2-1-3-5-6;1-4(2)3-5/h1-5H,7H2;3H,1H2,2H3. The number of rotatable bonds is 1. The summed E-state index contributed by atoms with van der Waals surface area (Å²) in [5.41, 5.74) is 6.75. The van der Waals surface area contributed by atoms with Crippen LogP contribution in [-0.4, -0.2) is 6.29 Å². The summed E-state index contributed by atoms with van der Waals surface area (Å²) >= 11 is 0. The summed E-state index contributed by atoms with van der Waals surface area (Å²) in [6.45, 7) is 4.97. The average Bonchev–Trinajstić information content (AvgIpc) is 2.07. The van der Waals surface area contributed by atoms with Crippen LogP contribution >= 0.6 is 0 Å². The van der Waals surface area contributed by atoms with Gasteiger partial charge in [0.25, 0.3) is 0 Å². The van der Waals surface area contributed by atoms with Crippen LogP contribution < -0.4 is 5.73 Å². The maximum Gasteiger partial charge on any atom is 0.145 e. The Kier molecular flexibility index (Phi) is 5.35. The van der Waals surface area contributed by atoms with Crippen LogP contribution in [0.25, 0.3) is 0 Å². The van der Waals surface area contributed by atoms with E-state index >= 15 is 0 Å². The Morgan fingerprint density at radius 1 is 1.42 bits per heavy atom. The van der Waals surface area contributed by atoms with Crippen LogP contribution in [0.4, 0.5) is 5.69 Å². The molecule has 1 aromatic carbocycles. The molecule has 0 heterocycles. The molecule has 64 valence electrons. The van der Waals surface area contributed by atoms with Gasteiger partial charge in [-0.3, -0.25) is 4.79 Å². The highest BCUT2D eigenvalue weighted by Crippen LogP contribution is 1.95. The fourth-order valence-electron chi connectivity index (χ4n) is 0.453. The van der Waals surface area contributed by atoms with Gasteiger partial charge < -0.3 is 5.73 Å². The molecule has 2 nitrogen and oxygen atoms in total. The number of para-hydroxylation sites is 1. The van der Waals surface area contributed by atoms with Crippen molar-refractivity contribution in [2.45, 2.75) is 6.92 Å². The van der Waals surface area contributed by atoms with Crippen LogP contribution in [0, 0.1) is 0 Å². The number of aldehydes is 1. The monoisotopic (exact) mass is 163 g/mol. The van der Waals surface area contributed by atoms with Crippen LogP contribution in [0.15, 0.2) is 42.5 Å². The van der Waals surface area contributed by atoms with Crippen molar-refractivity contribution in [3.63, 3.8) is 0 Å². The number of nitrogens with two attached hydrogens (primary N) is 1. The van der Waals surface area contributed by atoms with Gasteiger partial charge in [-0.15, -0.1) is 0 Å². The third-order valence-electron chi connectivity index (χ3n) is 1.00. The largest absolute Gasteiger partial charge is 0.399 e. The van der Waals surface area contributed by atoms with Crippen LogP contribution in [0.2, 0.25) is 0 Å². The van der Waals surface area contributed by atoms with Gasteiger partial charge in [-0.05, 0) is 24.6 Å². The molecule has 0 fully saturated rings.